The van der Waals surface area contributed by atoms with E-state index in [-0.39, 0.29) is 12.4 Å². The highest BCUT2D eigenvalue weighted by molar-refractivity contribution is 5.85. The maximum Gasteiger partial charge on any atom is 0.156 e. The maximum absolute atomic E-state index is 3.90. The summed E-state index contributed by atoms with van der Waals surface area (Å²) in [6.07, 6.45) is 0. The van der Waals surface area contributed by atoms with Gasteiger partial charge in [0.1, 0.15) is 0 Å². The van der Waals surface area contributed by atoms with Crippen molar-refractivity contribution in [3.63, 3.8) is 0 Å². The second-order valence-electron chi connectivity index (χ2n) is 2.52. The standard InChI is InChI=1S/C5H9N5.ClH/c1-10-5(7-8-9-10)4-2-6-3-4;/h4,6H,2-3H2,1H3;1H. The number of nitrogens with zero attached hydrogens (tertiary/aromatic N) is 4. The molecule has 62 valence electrons. The largest absolute Gasteiger partial charge is 0.315 e. The summed E-state index contributed by atoms with van der Waals surface area (Å²) in [5.74, 6) is 1.51. The fourth-order valence-corrected chi connectivity index (χ4v) is 1.05. The van der Waals surface area contributed by atoms with Crippen molar-refractivity contribution in [2.24, 2.45) is 7.05 Å². The quantitative estimate of drug-likeness (QED) is 0.615. The first-order chi connectivity index (χ1) is 4.88. The van der Waals surface area contributed by atoms with Crippen LogP contribution in [-0.2, 0) is 7.05 Å². The van der Waals surface area contributed by atoms with Crippen LogP contribution in [0.5, 0.6) is 0 Å². The molecule has 0 aliphatic carbocycles. The average molecular weight is 176 g/mol. The molecule has 2 heterocycles. The van der Waals surface area contributed by atoms with Gasteiger partial charge in [0.2, 0.25) is 0 Å². The second-order valence-corrected chi connectivity index (χ2v) is 2.52. The molecule has 2 rings (SSSR count). The van der Waals surface area contributed by atoms with E-state index in [1.54, 1.807) is 4.68 Å². The third kappa shape index (κ3) is 1.34. The summed E-state index contributed by atoms with van der Waals surface area (Å²) in [5.41, 5.74) is 0. The van der Waals surface area contributed by atoms with Crippen molar-refractivity contribution in [2.45, 2.75) is 5.92 Å². The summed E-state index contributed by atoms with van der Waals surface area (Å²) < 4.78 is 1.73. The average Bonchev–Trinajstić information content (AvgIpc) is 2.12. The number of hydrogen-bond donors (Lipinski definition) is 1. The van der Waals surface area contributed by atoms with Gasteiger partial charge in [-0.1, -0.05) is 0 Å². The molecule has 0 atom stereocenters. The van der Waals surface area contributed by atoms with Gasteiger partial charge in [-0.15, -0.1) is 17.5 Å². The van der Waals surface area contributed by atoms with Crippen LogP contribution in [0.2, 0.25) is 0 Å². The van der Waals surface area contributed by atoms with Crippen molar-refractivity contribution in [1.82, 2.24) is 25.5 Å². The van der Waals surface area contributed by atoms with Gasteiger partial charge >= 0.3 is 0 Å². The fraction of sp³-hybridized carbons (Fsp3) is 0.800. The minimum absolute atomic E-state index is 0. The van der Waals surface area contributed by atoms with Gasteiger partial charge in [-0.25, -0.2) is 4.68 Å². The topological polar surface area (TPSA) is 55.6 Å². The first kappa shape index (κ1) is 8.42. The lowest BCUT2D eigenvalue weighted by molar-refractivity contribution is 0.416. The Hall–Kier alpha value is -0.680. The molecule has 1 aromatic rings. The summed E-state index contributed by atoms with van der Waals surface area (Å²) in [6.45, 7) is 2.02. The Balaban J connectivity index is 0.000000605. The van der Waals surface area contributed by atoms with Crippen LogP contribution < -0.4 is 5.32 Å². The van der Waals surface area contributed by atoms with E-state index in [9.17, 15) is 0 Å². The summed E-state index contributed by atoms with van der Waals surface area (Å²) in [5, 5.41) is 14.4. The Morgan fingerprint density at radius 3 is 2.64 bits per heavy atom. The Labute approximate surface area is 70.6 Å². The lowest BCUT2D eigenvalue weighted by Gasteiger charge is -2.24. The summed E-state index contributed by atoms with van der Waals surface area (Å²) in [7, 11) is 1.87. The van der Waals surface area contributed by atoms with Crippen molar-refractivity contribution in [3.05, 3.63) is 5.82 Å². The maximum atomic E-state index is 3.90. The van der Waals surface area contributed by atoms with Crippen molar-refractivity contribution in [3.8, 4) is 0 Å². The van der Waals surface area contributed by atoms with Gasteiger partial charge in [0, 0.05) is 26.1 Å². The Bertz CT molecular complexity index is 231. The van der Waals surface area contributed by atoms with E-state index in [0.717, 1.165) is 18.9 Å². The van der Waals surface area contributed by atoms with Crippen LogP contribution in [0.25, 0.3) is 0 Å². The van der Waals surface area contributed by atoms with Crippen molar-refractivity contribution in [2.75, 3.05) is 13.1 Å². The molecule has 0 aromatic carbocycles. The number of hydrogen-bond acceptors (Lipinski definition) is 4. The highest BCUT2D eigenvalue weighted by Gasteiger charge is 2.23. The van der Waals surface area contributed by atoms with Gasteiger partial charge in [-0.3, -0.25) is 0 Å². The van der Waals surface area contributed by atoms with Gasteiger partial charge in [-0.2, -0.15) is 0 Å². The molecule has 11 heavy (non-hydrogen) atoms. The van der Waals surface area contributed by atoms with Crippen molar-refractivity contribution in [1.29, 1.82) is 0 Å². The van der Waals surface area contributed by atoms with Gasteiger partial charge in [0.05, 0.1) is 0 Å². The smallest absolute Gasteiger partial charge is 0.156 e. The van der Waals surface area contributed by atoms with Crippen LogP contribution in [0, 0.1) is 0 Å². The zero-order valence-electron chi connectivity index (χ0n) is 6.19. The number of tetrazole rings is 1. The van der Waals surface area contributed by atoms with E-state index in [2.05, 4.69) is 20.8 Å². The van der Waals surface area contributed by atoms with E-state index >= 15 is 0 Å². The van der Waals surface area contributed by atoms with Gasteiger partial charge in [-0.05, 0) is 10.4 Å². The minimum atomic E-state index is 0. The summed E-state index contributed by atoms with van der Waals surface area (Å²) in [6, 6.07) is 0. The number of nitrogens with one attached hydrogen (secondary N) is 1. The number of halogens is 1. The molecule has 1 saturated heterocycles. The van der Waals surface area contributed by atoms with E-state index in [1.165, 1.54) is 0 Å². The molecule has 0 amide bonds. The zero-order valence-corrected chi connectivity index (χ0v) is 7.01. The zero-order chi connectivity index (χ0) is 6.97. The number of rotatable bonds is 1. The Kier molecular flexibility index (Phi) is 2.41. The minimum Gasteiger partial charge on any atom is -0.315 e. The third-order valence-corrected chi connectivity index (χ3v) is 1.80. The molecule has 0 saturated carbocycles. The molecule has 5 nitrogen and oxygen atoms in total. The lowest BCUT2D eigenvalue weighted by Crippen LogP contribution is -2.41. The predicted molar refractivity (Wildman–Crippen MR) is 41.7 cm³/mol. The highest BCUT2D eigenvalue weighted by Crippen LogP contribution is 2.14. The molecule has 6 heteroatoms. The van der Waals surface area contributed by atoms with Crippen molar-refractivity contribution < 1.29 is 0 Å². The number of aryl methyl sites for hydroxylation is 1. The van der Waals surface area contributed by atoms with Gasteiger partial charge in [0.15, 0.2) is 5.82 Å². The van der Waals surface area contributed by atoms with Crippen molar-refractivity contribution >= 4 is 12.4 Å². The molecule has 1 fully saturated rings. The Morgan fingerprint density at radius 2 is 2.27 bits per heavy atom. The molecular formula is C5H10ClN5. The lowest BCUT2D eigenvalue weighted by atomic mass is 10.0. The van der Waals surface area contributed by atoms with Crippen LogP contribution in [0.1, 0.15) is 11.7 Å². The van der Waals surface area contributed by atoms with Crippen LogP contribution in [0.15, 0.2) is 0 Å². The first-order valence-corrected chi connectivity index (χ1v) is 3.31. The summed E-state index contributed by atoms with van der Waals surface area (Å²) >= 11 is 0. The molecule has 1 aromatic heterocycles. The molecule has 0 spiro atoms. The predicted octanol–water partition coefficient (Wildman–Crippen LogP) is -0.681. The van der Waals surface area contributed by atoms with Gasteiger partial charge in [0.25, 0.3) is 0 Å². The number of aromatic nitrogens is 4. The highest BCUT2D eigenvalue weighted by atomic mass is 35.5. The molecule has 1 N–H and O–H groups in total. The van der Waals surface area contributed by atoms with Gasteiger partial charge < -0.3 is 5.32 Å². The molecule has 0 unspecified atom stereocenters. The van der Waals surface area contributed by atoms with E-state index in [4.69, 9.17) is 0 Å². The van der Waals surface area contributed by atoms with Crippen LogP contribution in [0.3, 0.4) is 0 Å². The second kappa shape index (κ2) is 3.15. The molecule has 0 bridgehead atoms. The van der Waals surface area contributed by atoms with E-state index in [1.807, 2.05) is 7.05 Å². The van der Waals surface area contributed by atoms with E-state index < -0.39 is 0 Å². The van der Waals surface area contributed by atoms with E-state index in [0.29, 0.717) is 5.92 Å². The Morgan fingerprint density at radius 1 is 1.55 bits per heavy atom. The fourth-order valence-electron chi connectivity index (χ4n) is 1.05. The van der Waals surface area contributed by atoms with Crippen LogP contribution >= 0.6 is 12.4 Å². The molecule has 0 radical (unpaired) electrons. The molecule has 1 aliphatic rings. The molecular weight excluding hydrogens is 166 g/mol. The summed E-state index contributed by atoms with van der Waals surface area (Å²) in [4.78, 5) is 0. The SMILES string of the molecule is Cl.Cn1nnnc1C1CNC1. The van der Waals surface area contributed by atoms with Crippen LogP contribution in [-0.4, -0.2) is 33.3 Å². The normalized spacial score (nSPS) is 17.2. The van der Waals surface area contributed by atoms with Crippen LogP contribution in [0.4, 0.5) is 0 Å². The monoisotopic (exact) mass is 175 g/mol. The first-order valence-electron chi connectivity index (χ1n) is 3.31. The third-order valence-electron chi connectivity index (χ3n) is 1.80. The molecule has 1 aliphatic heterocycles.